The van der Waals surface area contributed by atoms with Crippen molar-refractivity contribution in [1.29, 1.82) is 0 Å². The first-order valence-corrected chi connectivity index (χ1v) is 14.1. The predicted molar refractivity (Wildman–Crippen MR) is 149 cm³/mol. The Hall–Kier alpha value is -1.28. The number of allylic oxidation sites excluding steroid dienone is 8. The molecule has 0 radical (unpaired) electrons. The molecule has 0 amide bonds. The second-order valence-corrected chi connectivity index (χ2v) is 11.4. The van der Waals surface area contributed by atoms with Crippen molar-refractivity contribution in [3.05, 3.63) is 117 Å². The van der Waals surface area contributed by atoms with Crippen LogP contribution in [0, 0.1) is 12.2 Å². The fourth-order valence-corrected chi connectivity index (χ4v) is 5.63. The number of rotatable bonds is 3. The summed E-state index contributed by atoms with van der Waals surface area (Å²) < 4.78 is 0. The van der Waals surface area contributed by atoms with Gasteiger partial charge in [-0.1, -0.05) is 88.4 Å². The molecule has 0 N–H and O–H groups in total. The Morgan fingerprint density at radius 2 is 0.879 bits per heavy atom. The van der Waals surface area contributed by atoms with Crippen molar-refractivity contribution in [1.82, 2.24) is 0 Å². The molecule has 172 valence electrons. The standard InChI is InChI=1S/C14H14.2C8H13Si.Zr/c1-3-7-13(8-4-1)11-12-14-9-5-2-6-10-14;2*1-5-4-8(9)7(3)6(5)2;/h1-10H,11-12H2;2*8H,1-3,9H3;/q;2*-1;+2. The summed E-state index contributed by atoms with van der Waals surface area (Å²) in [4.78, 5) is 0. The van der Waals surface area contributed by atoms with Gasteiger partial charge in [0.1, 0.15) is 0 Å². The fraction of sp³-hybridized carbons (Fsp3) is 0.333. The van der Waals surface area contributed by atoms with E-state index in [4.69, 9.17) is 0 Å². The number of benzene rings is 2. The third kappa shape index (κ3) is 9.47. The molecule has 0 spiro atoms. The quantitative estimate of drug-likeness (QED) is 0.329. The molecule has 0 aromatic heterocycles. The summed E-state index contributed by atoms with van der Waals surface area (Å²) in [6.45, 7) is 13.1. The van der Waals surface area contributed by atoms with Crippen LogP contribution in [-0.4, -0.2) is 20.5 Å². The third-order valence-corrected chi connectivity index (χ3v) is 9.17. The molecule has 0 nitrogen and oxygen atoms in total. The SMILES string of the molecule is CC1=[C-]C([SiH3])C(C)=C1C.CC1=[C-]C([SiH3])C(C)=C1C.[Zr+2].c1ccc(CCc2ccccc2)cc1. The minimum atomic E-state index is 0. The Labute approximate surface area is 228 Å². The van der Waals surface area contributed by atoms with Crippen molar-refractivity contribution in [2.75, 3.05) is 0 Å². The summed E-state index contributed by atoms with van der Waals surface area (Å²) >= 11 is 0. The van der Waals surface area contributed by atoms with E-state index in [2.05, 4.69) is 114 Å². The van der Waals surface area contributed by atoms with E-state index in [0.29, 0.717) is 11.1 Å². The van der Waals surface area contributed by atoms with Crippen LogP contribution in [0.15, 0.2) is 94.1 Å². The van der Waals surface area contributed by atoms with Crippen LogP contribution in [0.5, 0.6) is 0 Å². The van der Waals surface area contributed by atoms with Crippen LogP contribution in [0.3, 0.4) is 0 Å². The zero-order chi connectivity index (χ0) is 23.7. The van der Waals surface area contributed by atoms with Crippen molar-refractivity contribution >= 4 is 20.5 Å². The van der Waals surface area contributed by atoms with Gasteiger partial charge in [0.2, 0.25) is 0 Å². The van der Waals surface area contributed by atoms with Crippen LogP contribution in [0.2, 0.25) is 11.1 Å². The predicted octanol–water partition coefficient (Wildman–Crippen LogP) is 5.95. The average Bonchev–Trinajstić information content (AvgIpc) is 3.17. The Morgan fingerprint density at radius 3 is 1.06 bits per heavy atom. The molecule has 33 heavy (non-hydrogen) atoms. The van der Waals surface area contributed by atoms with Crippen LogP contribution in [-0.2, 0) is 39.0 Å². The molecule has 2 unspecified atom stereocenters. The minimum Gasteiger partial charge on any atom is -0.270 e. The molecule has 0 saturated heterocycles. The summed E-state index contributed by atoms with van der Waals surface area (Å²) in [6, 6.07) is 21.2. The Balaban J connectivity index is 0.000000254. The van der Waals surface area contributed by atoms with Crippen LogP contribution in [0.25, 0.3) is 0 Å². The molecule has 3 heteroatoms. The smallest absolute Gasteiger partial charge is 0.270 e. The summed E-state index contributed by atoms with van der Waals surface area (Å²) in [5.41, 5.74) is 13.0. The number of hydrogen-bond donors (Lipinski definition) is 0. The molecule has 0 fully saturated rings. The van der Waals surface area contributed by atoms with Gasteiger partial charge in [-0.15, -0.1) is 24.9 Å². The van der Waals surface area contributed by atoms with Gasteiger partial charge in [0.25, 0.3) is 0 Å². The summed E-state index contributed by atoms with van der Waals surface area (Å²) in [7, 11) is 2.45. The summed E-state index contributed by atoms with van der Waals surface area (Å²) in [5.74, 6) is 0. The largest absolute Gasteiger partial charge is 2.00 e. The maximum atomic E-state index is 3.42. The number of hydrogen-bond acceptors (Lipinski definition) is 0. The fourth-order valence-electron chi connectivity index (χ4n) is 3.90. The first-order chi connectivity index (χ1) is 15.2. The Kier molecular flexibility index (Phi) is 13.4. The molecule has 2 aliphatic rings. The molecule has 4 rings (SSSR count). The first-order valence-electron chi connectivity index (χ1n) is 11.8. The summed E-state index contributed by atoms with van der Waals surface area (Å²) in [5, 5.41) is 0. The van der Waals surface area contributed by atoms with Crippen molar-refractivity contribution in [3.63, 3.8) is 0 Å². The van der Waals surface area contributed by atoms with Gasteiger partial charge < -0.3 is 0 Å². The van der Waals surface area contributed by atoms with E-state index >= 15 is 0 Å². The minimum absolute atomic E-state index is 0. The van der Waals surface area contributed by atoms with E-state index < -0.39 is 0 Å². The molecule has 2 aliphatic carbocycles. The van der Waals surface area contributed by atoms with Gasteiger partial charge >= 0.3 is 26.2 Å². The molecular formula is C30H40Si2Zr. The van der Waals surface area contributed by atoms with Gasteiger partial charge in [0, 0.05) is 0 Å². The normalized spacial score (nSPS) is 19.2. The number of aryl methyl sites for hydroxylation is 2. The van der Waals surface area contributed by atoms with E-state index in [9.17, 15) is 0 Å². The van der Waals surface area contributed by atoms with Crippen LogP contribution in [0.1, 0.15) is 52.7 Å². The van der Waals surface area contributed by atoms with Gasteiger partial charge in [0.15, 0.2) is 0 Å². The van der Waals surface area contributed by atoms with Gasteiger partial charge in [-0.2, -0.15) is 22.3 Å². The Bertz CT molecular complexity index is 915. The average molecular weight is 548 g/mol. The van der Waals surface area contributed by atoms with Crippen LogP contribution in [0.4, 0.5) is 0 Å². The van der Waals surface area contributed by atoms with E-state index in [1.165, 1.54) is 53.9 Å². The topological polar surface area (TPSA) is 0 Å². The van der Waals surface area contributed by atoms with Gasteiger partial charge in [0.05, 0.1) is 0 Å². The zero-order valence-corrected chi connectivity index (χ0v) is 28.3. The Morgan fingerprint density at radius 1 is 0.576 bits per heavy atom. The molecule has 0 heterocycles. The van der Waals surface area contributed by atoms with Crippen molar-refractivity contribution < 1.29 is 26.2 Å². The molecular weight excluding hydrogens is 508 g/mol. The van der Waals surface area contributed by atoms with E-state index in [1.807, 2.05) is 0 Å². The van der Waals surface area contributed by atoms with Crippen LogP contribution < -0.4 is 0 Å². The maximum Gasteiger partial charge on any atom is 2.00 e. The maximum absolute atomic E-state index is 3.42. The molecule has 0 saturated carbocycles. The van der Waals surface area contributed by atoms with E-state index in [-0.39, 0.29) is 26.2 Å². The van der Waals surface area contributed by atoms with Gasteiger partial charge in [-0.3, -0.25) is 12.2 Å². The van der Waals surface area contributed by atoms with Crippen molar-refractivity contribution in [3.8, 4) is 0 Å². The second-order valence-electron chi connectivity index (χ2n) is 9.07. The zero-order valence-electron chi connectivity index (χ0n) is 21.8. The molecule has 2 aromatic rings. The monoisotopic (exact) mass is 546 g/mol. The molecule has 0 bridgehead atoms. The second kappa shape index (κ2) is 14.9. The van der Waals surface area contributed by atoms with Crippen molar-refractivity contribution in [2.24, 2.45) is 0 Å². The van der Waals surface area contributed by atoms with E-state index in [1.54, 1.807) is 11.1 Å². The molecule has 0 aliphatic heterocycles. The van der Waals surface area contributed by atoms with Crippen molar-refractivity contribution in [2.45, 2.75) is 65.5 Å². The first kappa shape index (κ1) is 29.7. The molecule has 2 atom stereocenters. The third-order valence-electron chi connectivity index (χ3n) is 6.86. The van der Waals surface area contributed by atoms with Gasteiger partial charge in [-0.25, -0.2) is 11.1 Å². The molecule has 2 aromatic carbocycles. The van der Waals surface area contributed by atoms with Crippen LogP contribution >= 0.6 is 0 Å². The van der Waals surface area contributed by atoms with Gasteiger partial charge in [-0.05, 0) is 44.5 Å². The van der Waals surface area contributed by atoms with E-state index in [0.717, 1.165) is 12.8 Å². The summed E-state index contributed by atoms with van der Waals surface area (Å²) in [6.07, 6.45) is 9.10.